The molecule has 0 aliphatic heterocycles. The molecule has 5 nitrogen and oxygen atoms in total. The summed E-state index contributed by atoms with van der Waals surface area (Å²) in [6.07, 6.45) is 1.65. The Morgan fingerprint density at radius 1 is 1.41 bits per heavy atom. The maximum Gasteiger partial charge on any atom is 0.141 e. The summed E-state index contributed by atoms with van der Waals surface area (Å²) in [6.45, 7) is 13.6. The van der Waals surface area contributed by atoms with Crippen LogP contribution in [0.25, 0.3) is 0 Å². The van der Waals surface area contributed by atoms with Gasteiger partial charge in [0.15, 0.2) is 0 Å². The van der Waals surface area contributed by atoms with Crippen LogP contribution < -0.4 is 5.32 Å². The van der Waals surface area contributed by atoms with Crippen molar-refractivity contribution in [3.63, 3.8) is 0 Å². The molecule has 0 fully saturated rings. The van der Waals surface area contributed by atoms with E-state index in [1.807, 2.05) is 4.68 Å². The normalized spacial score (nSPS) is 11.6. The van der Waals surface area contributed by atoms with Gasteiger partial charge in [0.2, 0.25) is 0 Å². The first-order chi connectivity index (χ1) is 8.19. The van der Waals surface area contributed by atoms with E-state index in [9.17, 15) is 0 Å². The lowest BCUT2D eigenvalue weighted by molar-refractivity contribution is 0.264. The first kappa shape index (κ1) is 14.1. The van der Waals surface area contributed by atoms with E-state index < -0.39 is 0 Å². The standard InChI is InChI=1S/C12H25N5/c1-5-13-7-8-16(6-2)9-12-14-10-15-17(12)11(3)4/h10-11,13H,5-9H2,1-4H3. The van der Waals surface area contributed by atoms with E-state index in [1.54, 1.807) is 6.33 Å². The van der Waals surface area contributed by atoms with Gasteiger partial charge in [0.25, 0.3) is 0 Å². The summed E-state index contributed by atoms with van der Waals surface area (Å²) in [5.74, 6) is 1.05. The van der Waals surface area contributed by atoms with Gasteiger partial charge in [-0.2, -0.15) is 5.10 Å². The van der Waals surface area contributed by atoms with Crippen LogP contribution in [0.1, 0.15) is 39.6 Å². The number of nitrogens with zero attached hydrogens (tertiary/aromatic N) is 4. The Balaban J connectivity index is 2.51. The van der Waals surface area contributed by atoms with Crippen LogP contribution in [-0.2, 0) is 6.54 Å². The van der Waals surface area contributed by atoms with Crippen molar-refractivity contribution in [2.45, 2.75) is 40.3 Å². The van der Waals surface area contributed by atoms with Gasteiger partial charge in [-0.05, 0) is 26.9 Å². The third-order valence-electron chi connectivity index (χ3n) is 2.80. The maximum absolute atomic E-state index is 4.34. The van der Waals surface area contributed by atoms with Crippen molar-refractivity contribution < 1.29 is 0 Å². The summed E-state index contributed by atoms with van der Waals surface area (Å²) in [4.78, 5) is 6.72. The zero-order valence-corrected chi connectivity index (χ0v) is 11.5. The van der Waals surface area contributed by atoms with E-state index in [1.165, 1.54) is 0 Å². The van der Waals surface area contributed by atoms with E-state index in [-0.39, 0.29) is 0 Å². The minimum Gasteiger partial charge on any atom is -0.316 e. The maximum atomic E-state index is 4.34. The summed E-state index contributed by atoms with van der Waals surface area (Å²) in [5.41, 5.74) is 0. The second kappa shape index (κ2) is 7.40. The van der Waals surface area contributed by atoms with Gasteiger partial charge in [-0.25, -0.2) is 9.67 Å². The van der Waals surface area contributed by atoms with Crippen LogP contribution >= 0.6 is 0 Å². The van der Waals surface area contributed by atoms with Gasteiger partial charge in [-0.3, -0.25) is 4.90 Å². The van der Waals surface area contributed by atoms with Crippen LogP contribution in [0.2, 0.25) is 0 Å². The van der Waals surface area contributed by atoms with Crippen LogP contribution in [0.4, 0.5) is 0 Å². The average Bonchev–Trinajstić information content (AvgIpc) is 2.76. The molecule has 0 unspecified atom stereocenters. The highest BCUT2D eigenvalue weighted by atomic mass is 15.4. The Labute approximate surface area is 104 Å². The van der Waals surface area contributed by atoms with Gasteiger partial charge in [-0.1, -0.05) is 13.8 Å². The highest BCUT2D eigenvalue weighted by molar-refractivity contribution is 4.86. The van der Waals surface area contributed by atoms with Crippen molar-refractivity contribution in [2.75, 3.05) is 26.2 Å². The number of hydrogen-bond acceptors (Lipinski definition) is 4. The topological polar surface area (TPSA) is 46.0 Å². The number of aromatic nitrogens is 3. The average molecular weight is 239 g/mol. The summed E-state index contributed by atoms with van der Waals surface area (Å²) < 4.78 is 2.00. The molecule has 0 spiro atoms. The molecule has 0 aliphatic carbocycles. The largest absolute Gasteiger partial charge is 0.316 e. The summed E-state index contributed by atoms with van der Waals surface area (Å²) in [6, 6.07) is 0.375. The molecule has 1 N–H and O–H groups in total. The van der Waals surface area contributed by atoms with E-state index in [0.717, 1.165) is 38.5 Å². The summed E-state index contributed by atoms with van der Waals surface area (Å²) in [5, 5.41) is 7.61. The van der Waals surface area contributed by atoms with Gasteiger partial charge in [0.1, 0.15) is 12.2 Å². The van der Waals surface area contributed by atoms with E-state index >= 15 is 0 Å². The Morgan fingerprint density at radius 2 is 2.18 bits per heavy atom. The molecular formula is C12H25N5. The molecule has 0 atom stereocenters. The predicted octanol–water partition coefficient (Wildman–Crippen LogP) is 1.29. The SMILES string of the molecule is CCNCCN(CC)Cc1ncnn1C(C)C. The van der Waals surface area contributed by atoms with Crippen molar-refractivity contribution in [3.8, 4) is 0 Å². The van der Waals surface area contributed by atoms with Crippen LogP contribution in [0.3, 0.4) is 0 Å². The van der Waals surface area contributed by atoms with Gasteiger partial charge in [-0.15, -0.1) is 0 Å². The number of rotatable bonds is 8. The van der Waals surface area contributed by atoms with Gasteiger partial charge in [0, 0.05) is 19.1 Å². The van der Waals surface area contributed by atoms with Crippen molar-refractivity contribution in [2.24, 2.45) is 0 Å². The van der Waals surface area contributed by atoms with E-state index in [2.05, 4.69) is 48.0 Å². The quantitative estimate of drug-likeness (QED) is 0.694. The zero-order chi connectivity index (χ0) is 12.7. The molecule has 0 amide bonds. The molecule has 5 heteroatoms. The fourth-order valence-electron chi connectivity index (χ4n) is 1.78. The lowest BCUT2D eigenvalue weighted by atomic mass is 10.3. The van der Waals surface area contributed by atoms with Crippen molar-refractivity contribution in [1.29, 1.82) is 0 Å². The molecule has 0 aliphatic rings. The third kappa shape index (κ3) is 4.44. The predicted molar refractivity (Wildman–Crippen MR) is 69.9 cm³/mol. The number of hydrogen-bond donors (Lipinski definition) is 1. The highest BCUT2D eigenvalue weighted by Crippen LogP contribution is 2.07. The molecular weight excluding hydrogens is 214 g/mol. The molecule has 1 aromatic heterocycles. The molecule has 0 bridgehead atoms. The molecule has 0 aromatic carbocycles. The zero-order valence-electron chi connectivity index (χ0n) is 11.5. The Bertz CT molecular complexity index is 308. The first-order valence-electron chi connectivity index (χ1n) is 6.50. The minimum absolute atomic E-state index is 0.375. The molecule has 98 valence electrons. The lowest BCUT2D eigenvalue weighted by Crippen LogP contribution is -2.32. The molecule has 1 aromatic rings. The van der Waals surface area contributed by atoms with Crippen molar-refractivity contribution in [3.05, 3.63) is 12.2 Å². The molecule has 0 saturated heterocycles. The Hall–Kier alpha value is -0.940. The van der Waals surface area contributed by atoms with Crippen LogP contribution in [0.15, 0.2) is 6.33 Å². The molecule has 17 heavy (non-hydrogen) atoms. The minimum atomic E-state index is 0.375. The van der Waals surface area contributed by atoms with Crippen LogP contribution in [-0.4, -0.2) is 45.8 Å². The molecule has 0 saturated carbocycles. The second-order valence-corrected chi connectivity index (χ2v) is 4.44. The fourth-order valence-corrected chi connectivity index (χ4v) is 1.78. The Morgan fingerprint density at radius 3 is 2.76 bits per heavy atom. The molecule has 1 heterocycles. The smallest absolute Gasteiger partial charge is 0.141 e. The Kier molecular flexibility index (Phi) is 6.15. The number of likely N-dealkylation sites (N-methyl/N-ethyl adjacent to an activating group) is 2. The number of nitrogens with one attached hydrogen (secondary N) is 1. The van der Waals surface area contributed by atoms with Crippen molar-refractivity contribution in [1.82, 2.24) is 25.0 Å². The third-order valence-corrected chi connectivity index (χ3v) is 2.80. The van der Waals surface area contributed by atoms with Crippen molar-refractivity contribution >= 4 is 0 Å². The van der Waals surface area contributed by atoms with E-state index in [4.69, 9.17) is 0 Å². The second-order valence-electron chi connectivity index (χ2n) is 4.44. The fraction of sp³-hybridized carbons (Fsp3) is 0.833. The van der Waals surface area contributed by atoms with Gasteiger partial charge >= 0.3 is 0 Å². The van der Waals surface area contributed by atoms with Gasteiger partial charge < -0.3 is 5.32 Å². The van der Waals surface area contributed by atoms with E-state index in [0.29, 0.717) is 6.04 Å². The lowest BCUT2D eigenvalue weighted by Gasteiger charge is -2.20. The highest BCUT2D eigenvalue weighted by Gasteiger charge is 2.11. The summed E-state index contributed by atoms with van der Waals surface area (Å²) >= 11 is 0. The summed E-state index contributed by atoms with van der Waals surface area (Å²) in [7, 11) is 0. The first-order valence-corrected chi connectivity index (χ1v) is 6.50. The van der Waals surface area contributed by atoms with Crippen LogP contribution in [0, 0.1) is 0 Å². The van der Waals surface area contributed by atoms with Crippen LogP contribution in [0.5, 0.6) is 0 Å². The monoisotopic (exact) mass is 239 g/mol. The van der Waals surface area contributed by atoms with Gasteiger partial charge in [0.05, 0.1) is 6.54 Å². The molecule has 1 rings (SSSR count). The molecule has 0 radical (unpaired) electrons.